The van der Waals surface area contributed by atoms with Gasteiger partial charge in [-0.05, 0) is 46.0 Å². The highest BCUT2D eigenvalue weighted by Gasteiger charge is 2.30. The standard InChI is InChI=1S/C26H52O2/c1-6-9-12-15-16-17-19-22-24(21-18-13-10-7-2)28-25(27)26(4,5)23-20-14-11-8-3/h24H,6-23H2,1-5H3. The number of carbonyl (C=O) groups excluding carboxylic acids is 1. The molecule has 0 aromatic carbocycles. The summed E-state index contributed by atoms with van der Waals surface area (Å²) in [5.41, 5.74) is -0.338. The summed E-state index contributed by atoms with van der Waals surface area (Å²) in [6, 6.07) is 0. The largest absolute Gasteiger partial charge is 0.462 e. The van der Waals surface area contributed by atoms with Gasteiger partial charge in [-0.25, -0.2) is 0 Å². The van der Waals surface area contributed by atoms with Gasteiger partial charge < -0.3 is 4.74 Å². The predicted molar refractivity (Wildman–Crippen MR) is 124 cm³/mol. The van der Waals surface area contributed by atoms with Gasteiger partial charge in [0.1, 0.15) is 6.10 Å². The topological polar surface area (TPSA) is 26.3 Å². The Labute approximate surface area is 177 Å². The lowest BCUT2D eigenvalue weighted by molar-refractivity contribution is -0.161. The van der Waals surface area contributed by atoms with E-state index in [-0.39, 0.29) is 17.5 Å². The zero-order chi connectivity index (χ0) is 21.1. The molecule has 2 nitrogen and oxygen atoms in total. The van der Waals surface area contributed by atoms with E-state index in [1.54, 1.807) is 0 Å². The number of unbranched alkanes of at least 4 members (excludes halogenated alkanes) is 12. The third kappa shape index (κ3) is 15.4. The zero-order valence-electron chi connectivity index (χ0n) is 20.1. The van der Waals surface area contributed by atoms with Crippen molar-refractivity contribution in [1.29, 1.82) is 0 Å². The zero-order valence-corrected chi connectivity index (χ0v) is 20.1. The minimum absolute atomic E-state index is 0.0347. The highest BCUT2D eigenvalue weighted by Crippen LogP contribution is 2.28. The minimum atomic E-state index is -0.338. The van der Waals surface area contributed by atoms with Gasteiger partial charge in [-0.15, -0.1) is 0 Å². The number of hydrogen-bond acceptors (Lipinski definition) is 2. The Balaban J connectivity index is 4.33. The Morgan fingerprint density at radius 1 is 0.643 bits per heavy atom. The Kier molecular flexibility index (Phi) is 18.1. The van der Waals surface area contributed by atoms with Gasteiger partial charge in [0.15, 0.2) is 0 Å². The lowest BCUT2D eigenvalue weighted by Gasteiger charge is -2.27. The van der Waals surface area contributed by atoms with Gasteiger partial charge in [-0.1, -0.05) is 104 Å². The van der Waals surface area contributed by atoms with Crippen LogP contribution in [0.4, 0.5) is 0 Å². The average Bonchev–Trinajstić information content (AvgIpc) is 2.67. The van der Waals surface area contributed by atoms with Crippen LogP contribution in [-0.2, 0) is 9.53 Å². The summed E-state index contributed by atoms with van der Waals surface area (Å²) in [7, 11) is 0. The molecule has 0 radical (unpaired) electrons. The van der Waals surface area contributed by atoms with Crippen LogP contribution in [0, 0.1) is 5.41 Å². The summed E-state index contributed by atoms with van der Waals surface area (Å²) in [6.07, 6.45) is 22.3. The van der Waals surface area contributed by atoms with Gasteiger partial charge in [0.25, 0.3) is 0 Å². The van der Waals surface area contributed by atoms with Crippen molar-refractivity contribution in [2.75, 3.05) is 0 Å². The molecule has 168 valence electrons. The maximum atomic E-state index is 12.8. The normalized spacial score (nSPS) is 12.9. The van der Waals surface area contributed by atoms with E-state index in [2.05, 4.69) is 34.6 Å². The van der Waals surface area contributed by atoms with E-state index in [1.165, 1.54) is 89.9 Å². The summed E-state index contributed by atoms with van der Waals surface area (Å²) < 4.78 is 6.06. The van der Waals surface area contributed by atoms with E-state index < -0.39 is 0 Å². The number of rotatable bonds is 20. The van der Waals surface area contributed by atoms with Crippen LogP contribution in [0.25, 0.3) is 0 Å². The molecule has 0 spiro atoms. The van der Waals surface area contributed by atoms with E-state index in [0.717, 1.165) is 25.7 Å². The monoisotopic (exact) mass is 396 g/mol. The molecule has 0 N–H and O–H groups in total. The summed E-state index contributed by atoms with van der Waals surface area (Å²) >= 11 is 0. The van der Waals surface area contributed by atoms with E-state index in [0.29, 0.717) is 0 Å². The number of carbonyl (C=O) groups is 1. The Hall–Kier alpha value is -0.530. The van der Waals surface area contributed by atoms with Crippen LogP contribution in [0.15, 0.2) is 0 Å². The molecule has 0 amide bonds. The van der Waals surface area contributed by atoms with Crippen LogP contribution in [0.5, 0.6) is 0 Å². The molecule has 1 atom stereocenters. The third-order valence-electron chi connectivity index (χ3n) is 5.99. The fraction of sp³-hybridized carbons (Fsp3) is 0.962. The predicted octanol–water partition coefficient (Wildman–Crippen LogP) is 9.01. The highest BCUT2D eigenvalue weighted by atomic mass is 16.5. The Bertz CT molecular complexity index is 348. The molecule has 0 aromatic rings. The van der Waals surface area contributed by atoms with Crippen molar-refractivity contribution in [1.82, 2.24) is 0 Å². The third-order valence-corrected chi connectivity index (χ3v) is 5.99. The molecule has 0 aliphatic rings. The molecular formula is C26H52O2. The van der Waals surface area contributed by atoms with Crippen molar-refractivity contribution in [3.05, 3.63) is 0 Å². The first-order valence-corrected chi connectivity index (χ1v) is 12.7. The second kappa shape index (κ2) is 18.5. The van der Waals surface area contributed by atoms with Crippen LogP contribution >= 0.6 is 0 Å². The molecule has 28 heavy (non-hydrogen) atoms. The van der Waals surface area contributed by atoms with Crippen LogP contribution in [-0.4, -0.2) is 12.1 Å². The number of esters is 1. The average molecular weight is 397 g/mol. The fourth-order valence-corrected chi connectivity index (χ4v) is 3.80. The summed E-state index contributed by atoms with van der Waals surface area (Å²) in [4.78, 5) is 12.8. The highest BCUT2D eigenvalue weighted by molar-refractivity contribution is 5.76. The lowest BCUT2D eigenvalue weighted by atomic mass is 9.86. The van der Waals surface area contributed by atoms with Crippen molar-refractivity contribution in [2.24, 2.45) is 5.41 Å². The van der Waals surface area contributed by atoms with Crippen molar-refractivity contribution < 1.29 is 9.53 Å². The first-order chi connectivity index (χ1) is 13.5. The second-order valence-corrected chi connectivity index (χ2v) is 9.48. The second-order valence-electron chi connectivity index (χ2n) is 9.48. The summed E-state index contributed by atoms with van der Waals surface area (Å²) in [6.45, 7) is 10.9. The van der Waals surface area contributed by atoms with E-state index in [4.69, 9.17) is 4.74 Å². The van der Waals surface area contributed by atoms with Gasteiger partial charge in [-0.3, -0.25) is 4.79 Å². The summed E-state index contributed by atoms with van der Waals surface area (Å²) in [5.74, 6) is 0.0347. The van der Waals surface area contributed by atoms with Gasteiger partial charge in [0, 0.05) is 0 Å². The van der Waals surface area contributed by atoms with Crippen LogP contribution in [0.3, 0.4) is 0 Å². The van der Waals surface area contributed by atoms with E-state index in [9.17, 15) is 4.79 Å². The first kappa shape index (κ1) is 27.5. The Morgan fingerprint density at radius 3 is 1.54 bits per heavy atom. The number of ether oxygens (including phenoxy) is 1. The lowest BCUT2D eigenvalue weighted by Crippen LogP contribution is -2.31. The minimum Gasteiger partial charge on any atom is -0.462 e. The molecule has 0 aliphatic carbocycles. The molecule has 0 fully saturated rings. The number of hydrogen-bond donors (Lipinski definition) is 0. The quantitative estimate of drug-likeness (QED) is 0.151. The first-order valence-electron chi connectivity index (χ1n) is 12.7. The van der Waals surface area contributed by atoms with Crippen molar-refractivity contribution in [2.45, 2.75) is 156 Å². The molecule has 0 aromatic heterocycles. The molecule has 2 heteroatoms. The Morgan fingerprint density at radius 2 is 1.04 bits per heavy atom. The van der Waals surface area contributed by atoms with E-state index >= 15 is 0 Å². The maximum Gasteiger partial charge on any atom is 0.311 e. The van der Waals surface area contributed by atoms with E-state index in [1.807, 2.05) is 0 Å². The molecule has 0 saturated heterocycles. The van der Waals surface area contributed by atoms with Gasteiger partial charge >= 0.3 is 5.97 Å². The molecule has 0 bridgehead atoms. The van der Waals surface area contributed by atoms with Gasteiger partial charge in [0.2, 0.25) is 0 Å². The van der Waals surface area contributed by atoms with Crippen molar-refractivity contribution >= 4 is 5.97 Å². The molecule has 0 rings (SSSR count). The molecular weight excluding hydrogens is 344 g/mol. The van der Waals surface area contributed by atoms with Crippen LogP contribution < -0.4 is 0 Å². The molecule has 0 heterocycles. The van der Waals surface area contributed by atoms with Crippen molar-refractivity contribution in [3.63, 3.8) is 0 Å². The molecule has 1 unspecified atom stereocenters. The molecule has 0 saturated carbocycles. The van der Waals surface area contributed by atoms with Crippen LogP contribution in [0.2, 0.25) is 0 Å². The van der Waals surface area contributed by atoms with Crippen LogP contribution in [0.1, 0.15) is 150 Å². The fourth-order valence-electron chi connectivity index (χ4n) is 3.80. The van der Waals surface area contributed by atoms with Crippen molar-refractivity contribution in [3.8, 4) is 0 Å². The smallest absolute Gasteiger partial charge is 0.311 e. The molecule has 0 aliphatic heterocycles. The van der Waals surface area contributed by atoms with Gasteiger partial charge in [0.05, 0.1) is 5.41 Å². The SMILES string of the molecule is CCCCCCCCCC(CCCCCC)OC(=O)C(C)(C)CCCCCC. The van der Waals surface area contributed by atoms with Gasteiger partial charge in [-0.2, -0.15) is 0 Å². The summed E-state index contributed by atoms with van der Waals surface area (Å²) in [5, 5.41) is 0. The maximum absolute atomic E-state index is 12.8.